The van der Waals surface area contributed by atoms with Crippen molar-refractivity contribution in [2.75, 3.05) is 5.73 Å². The van der Waals surface area contributed by atoms with Crippen molar-refractivity contribution in [1.82, 2.24) is 15.2 Å². The highest BCUT2D eigenvalue weighted by molar-refractivity contribution is 9.10. The van der Waals surface area contributed by atoms with Crippen LogP contribution in [0.2, 0.25) is 5.02 Å². The lowest BCUT2D eigenvalue weighted by Crippen LogP contribution is -1.89. The quantitative estimate of drug-likeness (QED) is 0.730. The number of nitrogens with two attached hydrogens (primary N) is 1. The molecule has 0 bridgehead atoms. The molecule has 6 heteroatoms. The second kappa shape index (κ2) is 5.26. The fraction of sp³-hybridized carbons (Fsp3) is 0. The number of nitrogens with zero attached hydrogens (tertiary/aromatic N) is 2. The lowest BCUT2D eigenvalue weighted by atomic mass is 10.0. The summed E-state index contributed by atoms with van der Waals surface area (Å²) >= 11 is 9.52. The number of H-pyrrole nitrogens is 1. The number of benzene rings is 1. The molecule has 0 saturated heterocycles. The Kier molecular flexibility index (Phi) is 3.46. The number of nitrogen functional groups attached to an aromatic ring is 1. The Morgan fingerprint density at radius 2 is 2.05 bits per heavy atom. The van der Waals surface area contributed by atoms with E-state index in [2.05, 4.69) is 31.1 Å². The van der Waals surface area contributed by atoms with E-state index >= 15 is 0 Å². The van der Waals surface area contributed by atoms with Crippen LogP contribution in [-0.2, 0) is 0 Å². The first-order valence-corrected chi connectivity index (χ1v) is 7.03. The highest BCUT2D eigenvalue weighted by atomic mass is 79.9. The van der Waals surface area contributed by atoms with Gasteiger partial charge >= 0.3 is 0 Å². The van der Waals surface area contributed by atoms with Crippen LogP contribution in [0.1, 0.15) is 0 Å². The van der Waals surface area contributed by atoms with Crippen molar-refractivity contribution in [1.29, 1.82) is 0 Å². The zero-order valence-corrected chi connectivity index (χ0v) is 12.6. The largest absolute Gasteiger partial charge is 0.382 e. The summed E-state index contributed by atoms with van der Waals surface area (Å²) in [6.07, 6.45) is 3.47. The molecule has 2 aromatic heterocycles. The molecular weight excluding hydrogens is 340 g/mol. The lowest BCUT2D eigenvalue weighted by Gasteiger charge is -2.05. The van der Waals surface area contributed by atoms with Crippen LogP contribution < -0.4 is 5.73 Å². The Bertz CT molecular complexity index is 755. The summed E-state index contributed by atoms with van der Waals surface area (Å²) < 4.78 is 0.846. The predicted octanol–water partition coefficient (Wildman–Crippen LogP) is 4.14. The van der Waals surface area contributed by atoms with Gasteiger partial charge in [0, 0.05) is 28.0 Å². The van der Waals surface area contributed by atoms with Gasteiger partial charge in [-0.15, -0.1) is 0 Å². The van der Waals surface area contributed by atoms with E-state index in [0.29, 0.717) is 10.8 Å². The van der Waals surface area contributed by atoms with Gasteiger partial charge in [0.1, 0.15) is 0 Å². The number of halogens is 2. The Morgan fingerprint density at radius 3 is 2.75 bits per heavy atom. The zero-order valence-electron chi connectivity index (χ0n) is 10.3. The number of pyridine rings is 1. The molecule has 0 fully saturated rings. The van der Waals surface area contributed by atoms with Crippen molar-refractivity contribution in [3.8, 4) is 22.4 Å². The summed E-state index contributed by atoms with van der Waals surface area (Å²) in [6, 6.07) is 9.50. The second-order valence-corrected chi connectivity index (χ2v) is 5.49. The van der Waals surface area contributed by atoms with Crippen molar-refractivity contribution in [2.24, 2.45) is 0 Å². The lowest BCUT2D eigenvalue weighted by molar-refractivity contribution is 1.10. The zero-order chi connectivity index (χ0) is 14.1. The third kappa shape index (κ3) is 2.30. The smallest absolute Gasteiger partial charge is 0.153 e. The highest BCUT2D eigenvalue weighted by Crippen LogP contribution is 2.36. The highest BCUT2D eigenvalue weighted by Gasteiger charge is 2.15. The molecule has 0 saturated carbocycles. The van der Waals surface area contributed by atoms with Gasteiger partial charge in [0.2, 0.25) is 0 Å². The Labute approximate surface area is 129 Å². The molecule has 4 nitrogen and oxygen atoms in total. The fourth-order valence-corrected chi connectivity index (χ4v) is 2.45. The van der Waals surface area contributed by atoms with E-state index in [1.165, 1.54) is 0 Å². The average molecular weight is 350 g/mol. The van der Waals surface area contributed by atoms with Crippen LogP contribution in [0.5, 0.6) is 0 Å². The molecule has 0 aliphatic heterocycles. The molecule has 20 heavy (non-hydrogen) atoms. The monoisotopic (exact) mass is 348 g/mol. The van der Waals surface area contributed by atoms with E-state index < -0.39 is 0 Å². The first kappa shape index (κ1) is 13.1. The van der Waals surface area contributed by atoms with Crippen molar-refractivity contribution < 1.29 is 0 Å². The maximum absolute atomic E-state index is 6.14. The van der Waals surface area contributed by atoms with Gasteiger partial charge in [-0.2, -0.15) is 5.10 Å². The van der Waals surface area contributed by atoms with Crippen LogP contribution in [0, 0.1) is 0 Å². The Hall–Kier alpha value is -1.85. The van der Waals surface area contributed by atoms with Crippen LogP contribution in [0.3, 0.4) is 0 Å². The average Bonchev–Trinajstić information content (AvgIpc) is 2.85. The number of hydrogen-bond donors (Lipinski definition) is 2. The van der Waals surface area contributed by atoms with E-state index in [4.69, 9.17) is 17.3 Å². The van der Waals surface area contributed by atoms with Gasteiger partial charge in [-0.1, -0.05) is 23.7 Å². The standard InChI is InChI=1S/C14H10BrClN4/c15-10-4-3-8(6-11(10)16)13-12(14(17)20-19-13)9-2-1-5-18-7-9/h1-7H,(H3,17,19,20). The molecule has 3 N–H and O–H groups in total. The summed E-state index contributed by atoms with van der Waals surface area (Å²) in [6.45, 7) is 0. The van der Waals surface area contributed by atoms with Gasteiger partial charge in [-0.3, -0.25) is 10.1 Å². The van der Waals surface area contributed by atoms with Gasteiger partial charge < -0.3 is 5.73 Å². The van der Waals surface area contributed by atoms with E-state index in [0.717, 1.165) is 26.9 Å². The van der Waals surface area contributed by atoms with Crippen molar-refractivity contribution >= 4 is 33.3 Å². The number of nitrogens with one attached hydrogen (secondary N) is 1. The van der Waals surface area contributed by atoms with Crippen LogP contribution in [0.4, 0.5) is 5.82 Å². The van der Waals surface area contributed by atoms with Crippen LogP contribution >= 0.6 is 27.5 Å². The molecule has 100 valence electrons. The summed E-state index contributed by atoms with van der Waals surface area (Å²) in [5.74, 6) is 0.437. The normalized spacial score (nSPS) is 10.7. The van der Waals surface area contributed by atoms with Gasteiger partial charge in [-0.05, 0) is 34.1 Å². The summed E-state index contributed by atoms with van der Waals surface area (Å²) in [5, 5.41) is 7.68. The minimum atomic E-state index is 0.437. The van der Waals surface area contributed by atoms with Crippen molar-refractivity contribution in [2.45, 2.75) is 0 Å². The van der Waals surface area contributed by atoms with Gasteiger partial charge in [0.25, 0.3) is 0 Å². The molecule has 0 atom stereocenters. The Morgan fingerprint density at radius 1 is 1.20 bits per heavy atom. The molecule has 2 heterocycles. The maximum atomic E-state index is 6.14. The topological polar surface area (TPSA) is 67.6 Å². The van der Waals surface area contributed by atoms with Crippen molar-refractivity contribution in [3.05, 3.63) is 52.2 Å². The number of aromatic nitrogens is 3. The minimum Gasteiger partial charge on any atom is -0.382 e. The first-order chi connectivity index (χ1) is 9.66. The van der Waals surface area contributed by atoms with E-state index in [-0.39, 0.29) is 0 Å². The molecule has 3 aromatic rings. The predicted molar refractivity (Wildman–Crippen MR) is 84.4 cm³/mol. The fourth-order valence-electron chi connectivity index (χ4n) is 2.02. The first-order valence-electron chi connectivity index (χ1n) is 5.86. The number of anilines is 1. The summed E-state index contributed by atoms with van der Waals surface area (Å²) in [5.41, 5.74) is 9.45. The van der Waals surface area contributed by atoms with Gasteiger partial charge in [-0.25, -0.2) is 0 Å². The molecule has 0 aliphatic rings. The minimum absolute atomic E-state index is 0.437. The van der Waals surface area contributed by atoms with E-state index in [9.17, 15) is 0 Å². The van der Waals surface area contributed by atoms with Gasteiger partial charge in [0.05, 0.1) is 16.3 Å². The van der Waals surface area contributed by atoms with Crippen LogP contribution in [-0.4, -0.2) is 15.2 Å². The van der Waals surface area contributed by atoms with E-state index in [1.54, 1.807) is 12.4 Å². The second-order valence-electron chi connectivity index (χ2n) is 4.23. The summed E-state index contributed by atoms with van der Waals surface area (Å²) in [7, 11) is 0. The van der Waals surface area contributed by atoms with E-state index in [1.807, 2.05) is 30.3 Å². The molecule has 1 aromatic carbocycles. The van der Waals surface area contributed by atoms with Gasteiger partial charge in [0.15, 0.2) is 5.82 Å². The molecule has 0 aliphatic carbocycles. The Balaban J connectivity index is 2.18. The number of hydrogen-bond acceptors (Lipinski definition) is 3. The molecule has 3 rings (SSSR count). The molecule has 0 spiro atoms. The third-order valence-corrected chi connectivity index (χ3v) is 4.19. The SMILES string of the molecule is Nc1n[nH]c(-c2ccc(Br)c(Cl)c2)c1-c1cccnc1. The molecule has 0 amide bonds. The molecule has 0 unspecified atom stereocenters. The molecule has 0 radical (unpaired) electrons. The van der Waals surface area contributed by atoms with Crippen LogP contribution in [0.25, 0.3) is 22.4 Å². The number of aromatic amines is 1. The van der Waals surface area contributed by atoms with Crippen LogP contribution in [0.15, 0.2) is 47.2 Å². The van der Waals surface area contributed by atoms with Crippen molar-refractivity contribution in [3.63, 3.8) is 0 Å². The third-order valence-electron chi connectivity index (χ3n) is 2.95. The number of rotatable bonds is 2. The maximum Gasteiger partial charge on any atom is 0.153 e. The molecular formula is C14H10BrClN4. The summed E-state index contributed by atoms with van der Waals surface area (Å²) in [4.78, 5) is 4.12.